The molecule has 0 radical (unpaired) electrons. The molecule has 0 aromatic heterocycles. The Bertz CT molecular complexity index is 454. The van der Waals surface area contributed by atoms with Crippen molar-refractivity contribution in [2.45, 2.75) is 52.0 Å². The van der Waals surface area contributed by atoms with Gasteiger partial charge in [-0.05, 0) is 36.1 Å². The summed E-state index contributed by atoms with van der Waals surface area (Å²) in [5.74, 6) is 1.07. The smallest absolute Gasteiger partial charge is 0.126 e. The molecule has 2 rings (SSSR count). The largest absolute Gasteiger partial charge is 0.493 e. The standard InChI is InChI=1S/C16H24ClNO/c1-11(2)18-7-6-16(3,4)14-10-13(17)9-12-5-8-19-15(12)14/h9-11,18H,5-8H2,1-4H3. The van der Waals surface area contributed by atoms with E-state index in [1.165, 1.54) is 11.1 Å². The molecule has 1 aliphatic rings. The van der Waals surface area contributed by atoms with Gasteiger partial charge in [-0.2, -0.15) is 0 Å². The van der Waals surface area contributed by atoms with Gasteiger partial charge in [-0.15, -0.1) is 0 Å². The van der Waals surface area contributed by atoms with Crippen LogP contribution in [0.2, 0.25) is 5.02 Å². The summed E-state index contributed by atoms with van der Waals surface area (Å²) in [5.41, 5.74) is 2.58. The fourth-order valence-electron chi connectivity index (χ4n) is 2.58. The minimum absolute atomic E-state index is 0.0706. The number of ether oxygens (including phenoxy) is 1. The maximum Gasteiger partial charge on any atom is 0.126 e. The van der Waals surface area contributed by atoms with Crippen molar-refractivity contribution in [2.75, 3.05) is 13.2 Å². The van der Waals surface area contributed by atoms with E-state index in [0.29, 0.717) is 6.04 Å². The molecule has 2 nitrogen and oxygen atoms in total. The summed E-state index contributed by atoms with van der Waals surface area (Å²) < 4.78 is 5.82. The zero-order valence-corrected chi connectivity index (χ0v) is 13.1. The molecule has 1 heterocycles. The zero-order valence-electron chi connectivity index (χ0n) is 12.3. The van der Waals surface area contributed by atoms with Crippen molar-refractivity contribution in [1.29, 1.82) is 0 Å². The van der Waals surface area contributed by atoms with Gasteiger partial charge in [-0.1, -0.05) is 39.3 Å². The first-order valence-electron chi connectivity index (χ1n) is 7.09. The molecule has 1 aromatic rings. The summed E-state index contributed by atoms with van der Waals surface area (Å²) in [7, 11) is 0. The summed E-state index contributed by atoms with van der Waals surface area (Å²) in [6, 6.07) is 4.63. The Morgan fingerprint density at radius 3 is 2.79 bits per heavy atom. The second-order valence-corrected chi connectivity index (χ2v) is 6.72. The lowest BCUT2D eigenvalue weighted by Gasteiger charge is -2.28. The van der Waals surface area contributed by atoms with Crippen molar-refractivity contribution < 1.29 is 4.74 Å². The average molecular weight is 282 g/mol. The molecule has 1 aliphatic heterocycles. The van der Waals surface area contributed by atoms with Crippen LogP contribution in [0.1, 0.15) is 45.2 Å². The molecule has 1 aromatic carbocycles. The Labute approximate surface area is 121 Å². The average Bonchev–Trinajstić information content (AvgIpc) is 2.74. The minimum Gasteiger partial charge on any atom is -0.493 e. The number of hydrogen-bond acceptors (Lipinski definition) is 2. The number of benzene rings is 1. The van der Waals surface area contributed by atoms with Crippen LogP contribution in [0, 0.1) is 0 Å². The van der Waals surface area contributed by atoms with Gasteiger partial charge in [-0.25, -0.2) is 0 Å². The van der Waals surface area contributed by atoms with Crippen LogP contribution in [-0.2, 0) is 11.8 Å². The molecule has 0 saturated heterocycles. The molecule has 0 saturated carbocycles. The van der Waals surface area contributed by atoms with E-state index >= 15 is 0 Å². The summed E-state index contributed by atoms with van der Waals surface area (Å²) in [6.45, 7) is 10.7. The fraction of sp³-hybridized carbons (Fsp3) is 0.625. The van der Waals surface area contributed by atoms with E-state index in [-0.39, 0.29) is 5.41 Å². The van der Waals surface area contributed by atoms with Crippen LogP contribution in [0.15, 0.2) is 12.1 Å². The lowest BCUT2D eigenvalue weighted by atomic mass is 9.80. The van der Waals surface area contributed by atoms with Crippen LogP contribution in [0.4, 0.5) is 0 Å². The van der Waals surface area contributed by atoms with Gasteiger partial charge in [0.25, 0.3) is 0 Å². The highest BCUT2D eigenvalue weighted by atomic mass is 35.5. The van der Waals surface area contributed by atoms with Gasteiger partial charge < -0.3 is 10.1 Å². The lowest BCUT2D eigenvalue weighted by Crippen LogP contribution is -2.29. The van der Waals surface area contributed by atoms with Crippen LogP contribution >= 0.6 is 11.6 Å². The first-order chi connectivity index (χ1) is 8.90. The molecule has 0 fully saturated rings. The highest BCUT2D eigenvalue weighted by molar-refractivity contribution is 6.30. The van der Waals surface area contributed by atoms with E-state index < -0.39 is 0 Å². The molecule has 1 N–H and O–H groups in total. The van der Waals surface area contributed by atoms with Gasteiger partial charge in [0.2, 0.25) is 0 Å². The highest BCUT2D eigenvalue weighted by Crippen LogP contribution is 2.41. The third-order valence-corrected chi connectivity index (χ3v) is 4.00. The topological polar surface area (TPSA) is 21.3 Å². The van der Waals surface area contributed by atoms with E-state index in [0.717, 1.165) is 36.8 Å². The Balaban J connectivity index is 2.20. The van der Waals surface area contributed by atoms with Crippen LogP contribution in [0.25, 0.3) is 0 Å². The second-order valence-electron chi connectivity index (χ2n) is 6.28. The molecule has 0 spiro atoms. The van der Waals surface area contributed by atoms with Crippen molar-refractivity contribution in [3.8, 4) is 5.75 Å². The highest BCUT2D eigenvalue weighted by Gasteiger charge is 2.28. The first kappa shape index (κ1) is 14.7. The van der Waals surface area contributed by atoms with Crippen molar-refractivity contribution in [3.05, 3.63) is 28.3 Å². The Morgan fingerprint density at radius 1 is 1.37 bits per heavy atom. The van der Waals surface area contributed by atoms with Gasteiger partial charge in [0.15, 0.2) is 0 Å². The third kappa shape index (κ3) is 3.43. The maximum atomic E-state index is 6.25. The number of fused-ring (bicyclic) bond motifs is 1. The van der Waals surface area contributed by atoms with Gasteiger partial charge >= 0.3 is 0 Å². The minimum atomic E-state index is 0.0706. The molecule has 0 amide bonds. The lowest BCUT2D eigenvalue weighted by molar-refractivity contribution is 0.340. The monoisotopic (exact) mass is 281 g/mol. The molecular formula is C16H24ClNO. The van der Waals surface area contributed by atoms with Crippen molar-refractivity contribution in [3.63, 3.8) is 0 Å². The van der Waals surface area contributed by atoms with E-state index in [1.54, 1.807) is 0 Å². The number of hydrogen-bond donors (Lipinski definition) is 1. The van der Waals surface area contributed by atoms with Crippen molar-refractivity contribution >= 4 is 11.6 Å². The number of rotatable bonds is 5. The number of halogens is 1. The SMILES string of the molecule is CC(C)NCCC(C)(C)c1cc(Cl)cc2c1OCC2. The van der Waals surface area contributed by atoms with Crippen molar-refractivity contribution in [2.24, 2.45) is 0 Å². The maximum absolute atomic E-state index is 6.25. The molecule has 0 atom stereocenters. The predicted octanol–water partition coefficient (Wildman–Crippen LogP) is 3.94. The van der Waals surface area contributed by atoms with E-state index in [4.69, 9.17) is 16.3 Å². The van der Waals surface area contributed by atoms with Crippen LogP contribution < -0.4 is 10.1 Å². The van der Waals surface area contributed by atoms with E-state index in [2.05, 4.69) is 39.1 Å². The van der Waals surface area contributed by atoms with Gasteiger partial charge in [0.05, 0.1) is 6.61 Å². The normalized spacial score (nSPS) is 14.6. The van der Waals surface area contributed by atoms with Crippen LogP contribution in [0.3, 0.4) is 0 Å². The van der Waals surface area contributed by atoms with Crippen LogP contribution in [-0.4, -0.2) is 19.2 Å². The molecule has 106 valence electrons. The summed E-state index contributed by atoms with van der Waals surface area (Å²) in [6.07, 6.45) is 2.05. The van der Waals surface area contributed by atoms with Crippen molar-refractivity contribution in [1.82, 2.24) is 5.32 Å². The Morgan fingerprint density at radius 2 is 2.11 bits per heavy atom. The Hall–Kier alpha value is -0.730. The molecular weight excluding hydrogens is 258 g/mol. The molecule has 0 aliphatic carbocycles. The first-order valence-corrected chi connectivity index (χ1v) is 7.47. The Kier molecular flexibility index (Phi) is 4.42. The van der Waals surface area contributed by atoms with Gasteiger partial charge in [-0.3, -0.25) is 0 Å². The van der Waals surface area contributed by atoms with E-state index in [1.807, 2.05) is 6.07 Å². The van der Waals surface area contributed by atoms with E-state index in [9.17, 15) is 0 Å². The zero-order chi connectivity index (χ0) is 14.0. The molecule has 0 unspecified atom stereocenters. The fourth-order valence-corrected chi connectivity index (χ4v) is 2.82. The summed E-state index contributed by atoms with van der Waals surface area (Å²) in [4.78, 5) is 0. The van der Waals surface area contributed by atoms with Gasteiger partial charge in [0.1, 0.15) is 5.75 Å². The van der Waals surface area contributed by atoms with Gasteiger partial charge in [0, 0.05) is 23.0 Å². The quantitative estimate of drug-likeness (QED) is 0.883. The van der Waals surface area contributed by atoms with Crippen LogP contribution in [0.5, 0.6) is 5.75 Å². The molecule has 19 heavy (non-hydrogen) atoms. The molecule has 3 heteroatoms. The molecule has 0 bridgehead atoms. The summed E-state index contributed by atoms with van der Waals surface area (Å²) >= 11 is 6.25. The second kappa shape index (κ2) is 5.72. The summed E-state index contributed by atoms with van der Waals surface area (Å²) in [5, 5.41) is 4.30. The predicted molar refractivity (Wildman–Crippen MR) is 81.4 cm³/mol. The third-order valence-electron chi connectivity index (χ3n) is 3.78. The number of nitrogens with one attached hydrogen (secondary N) is 1.